The van der Waals surface area contributed by atoms with E-state index in [2.05, 4.69) is 43.2 Å². The zero-order valence-corrected chi connectivity index (χ0v) is 12.8. The van der Waals surface area contributed by atoms with E-state index in [-0.39, 0.29) is 0 Å². The fourth-order valence-corrected chi connectivity index (χ4v) is 3.46. The first kappa shape index (κ1) is 14.0. The number of nitrogens with one attached hydrogen (secondary N) is 1. The fraction of sp³-hybridized carbons (Fsp3) is 0.733. The minimum Gasteiger partial charge on any atom is -0.311 e. The molecule has 1 aromatic heterocycles. The van der Waals surface area contributed by atoms with Gasteiger partial charge in [0.2, 0.25) is 0 Å². The van der Waals surface area contributed by atoms with E-state index in [4.69, 9.17) is 0 Å². The summed E-state index contributed by atoms with van der Waals surface area (Å²) in [5, 5.41) is 3.66. The highest BCUT2D eigenvalue weighted by molar-refractivity contribution is 7.11. The lowest BCUT2D eigenvalue weighted by Gasteiger charge is -2.38. The summed E-state index contributed by atoms with van der Waals surface area (Å²) in [5.74, 6) is 0. The summed E-state index contributed by atoms with van der Waals surface area (Å²) in [5.41, 5.74) is 0.497. The van der Waals surface area contributed by atoms with Gasteiger partial charge in [0.15, 0.2) is 0 Å². The number of piperidine rings is 1. The molecule has 3 heteroatoms. The molecule has 18 heavy (non-hydrogen) atoms. The van der Waals surface area contributed by atoms with Crippen molar-refractivity contribution in [3.63, 3.8) is 0 Å². The molecule has 1 aromatic rings. The molecule has 0 saturated carbocycles. The average Bonchev–Trinajstić information content (AvgIpc) is 2.81. The Bertz CT molecular complexity index is 364. The lowest BCUT2D eigenvalue weighted by atomic mass is 9.80. The standard InChI is InChI=1S/C15H26N2S/c1-4-13-5-6-14(18-13)11-16-12-15(2)7-9-17(3)10-8-15/h5-6,16H,4,7-12H2,1-3H3. The van der Waals surface area contributed by atoms with E-state index < -0.39 is 0 Å². The zero-order valence-electron chi connectivity index (χ0n) is 12.0. The van der Waals surface area contributed by atoms with Crippen molar-refractivity contribution in [1.29, 1.82) is 0 Å². The van der Waals surface area contributed by atoms with Gasteiger partial charge < -0.3 is 10.2 Å². The summed E-state index contributed by atoms with van der Waals surface area (Å²) < 4.78 is 0. The van der Waals surface area contributed by atoms with Gasteiger partial charge in [0.25, 0.3) is 0 Å². The largest absolute Gasteiger partial charge is 0.311 e. The second kappa shape index (κ2) is 6.18. The monoisotopic (exact) mass is 266 g/mol. The minimum atomic E-state index is 0.497. The van der Waals surface area contributed by atoms with E-state index in [1.165, 1.54) is 35.7 Å². The highest BCUT2D eigenvalue weighted by Gasteiger charge is 2.28. The van der Waals surface area contributed by atoms with Crippen molar-refractivity contribution in [1.82, 2.24) is 10.2 Å². The van der Waals surface area contributed by atoms with Gasteiger partial charge in [0.05, 0.1) is 0 Å². The first-order valence-electron chi connectivity index (χ1n) is 7.08. The van der Waals surface area contributed by atoms with Crippen LogP contribution in [0.15, 0.2) is 12.1 Å². The van der Waals surface area contributed by atoms with E-state index >= 15 is 0 Å². The number of rotatable bonds is 5. The lowest BCUT2D eigenvalue weighted by molar-refractivity contribution is 0.137. The molecule has 0 aromatic carbocycles. The molecular weight excluding hydrogens is 240 g/mol. The van der Waals surface area contributed by atoms with Crippen LogP contribution in [0.3, 0.4) is 0 Å². The quantitative estimate of drug-likeness (QED) is 0.881. The van der Waals surface area contributed by atoms with Gasteiger partial charge in [-0.25, -0.2) is 0 Å². The zero-order chi connectivity index (χ0) is 13.0. The molecule has 1 saturated heterocycles. The van der Waals surface area contributed by atoms with Crippen LogP contribution < -0.4 is 5.32 Å². The molecule has 2 rings (SSSR count). The van der Waals surface area contributed by atoms with Crippen molar-refractivity contribution < 1.29 is 0 Å². The second-order valence-corrected chi connectivity index (χ2v) is 7.19. The molecule has 0 amide bonds. The van der Waals surface area contributed by atoms with Crippen LogP contribution in [0.4, 0.5) is 0 Å². The molecule has 0 spiro atoms. The third kappa shape index (κ3) is 3.81. The third-order valence-electron chi connectivity index (χ3n) is 4.11. The van der Waals surface area contributed by atoms with Crippen molar-refractivity contribution in [3.8, 4) is 0 Å². The Balaban J connectivity index is 1.74. The number of nitrogens with zero attached hydrogens (tertiary/aromatic N) is 1. The van der Waals surface area contributed by atoms with Crippen LogP contribution in [0.1, 0.15) is 36.4 Å². The molecule has 1 fully saturated rings. The Kier molecular flexibility index (Phi) is 4.82. The van der Waals surface area contributed by atoms with E-state index in [1.807, 2.05) is 11.3 Å². The van der Waals surface area contributed by atoms with Gasteiger partial charge in [-0.2, -0.15) is 0 Å². The van der Waals surface area contributed by atoms with Crippen LogP contribution in [0.2, 0.25) is 0 Å². The molecule has 1 N–H and O–H groups in total. The molecule has 0 bridgehead atoms. The Labute approximate surface area is 115 Å². The molecule has 2 heterocycles. The first-order valence-corrected chi connectivity index (χ1v) is 7.90. The average molecular weight is 266 g/mol. The van der Waals surface area contributed by atoms with E-state index in [1.54, 1.807) is 0 Å². The van der Waals surface area contributed by atoms with Crippen molar-refractivity contribution >= 4 is 11.3 Å². The fourth-order valence-electron chi connectivity index (χ4n) is 2.53. The highest BCUT2D eigenvalue weighted by Crippen LogP contribution is 2.29. The van der Waals surface area contributed by atoms with Crippen molar-refractivity contribution in [2.45, 2.75) is 39.7 Å². The predicted molar refractivity (Wildman–Crippen MR) is 80.2 cm³/mol. The van der Waals surface area contributed by atoms with Gasteiger partial charge in [-0.05, 0) is 56.9 Å². The number of hydrogen-bond donors (Lipinski definition) is 1. The topological polar surface area (TPSA) is 15.3 Å². The Morgan fingerprint density at radius 2 is 1.94 bits per heavy atom. The van der Waals surface area contributed by atoms with Gasteiger partial charge in [0, 0.05) is 22.8 Å². The SMILES string of the molecule is CCc1ccc(CNCC2(C)CCN(C)CC2)s1. The Hall–Kier alpha value is -0.380. The summed E-state index contributed by atoms with van der Waals surface area (Å²) in [6.45, 7) is 9.34. The predicted octanol–water partition coefficient (Wildman–Crippen LogP) is 3.13. The third-order valence-corrected chi connectivity index (χ3v) is 5.34. The molecule has 0 radical (unpaired) electrons. The number of thiophene rings is 1. The Morgan fingerprint density at radius 1 is 1.28 bits per heavy atom. The van der Waals surface area contributed by atoms with Gasteiger partial charge >= 0.3 is 0 Å². The summed E-state index contributed by atoms with van der Waals surface area (Å²) in [6, 6.07) is 4.53. The molecule has 0 unspecified atom stereocenters. The highest BCUT2D eigenvalue weighted by atomic mass is 32.1. The Morgan fingerprint density at radius 3 is 2.56 bits per heavy atom. The number of aryl methyl sites for hydroxylation is 1. The van der Waals surface area contributed by atoms with Crippen LogP contribution in [-0.2, 0) is 13.0 Å². The maximum atomic E-state index is 3.66. The molecule has 1 aliphatic rings. The molecule has 102 valence electrons. The van der Waals surface area contributed by atoms with Gasteiger partial charge in [-0.1, -0.05) is 13.8 Å². The van der Waals surface area contributed by atoms with Gasteiger partial charge in [0.1, 0.15) is 0 Å². The molecule has 2 nitrogen and oxygen atoms in total. The van der Waals surface area contributed by atoms with Crippen molar-refractivity contribution in [3.05, 3.63) is 21.9 Å². The van der Waals surface area contributed by atoms with Gasteiger partial charge in [-0.3, -0.25) is 0 Å². The van der Waals surface area contributed by atoms with Gasteiger partial charge in [-0.15, -0.1) is 11.3 Å². The van der Waals surface area contributed by atoms with Crippen molar-refractivity contribution in [2.24, 2.45) is 5.41 Å². The molecule has 1 aliphatic heterocycles. The number of likely N-dealkylation sites (tertiary alicyclic amines) is 1. The van der Waals surface area contributed by atoms with Crippen LogP contribution in [-0.4, -0.2) is 31.6 Å². The number of hydrogen-bond acceptors (Lipinski definition) is 3. The summed E-state index contributed by atoms with van der Waals surface area (Å²) in [6.07, 6.45) is 3.80. The van der Waals surface area contributed by atoms with E-state index in [0.29, 0.717) is 5.41 Å². The maximum Gasteiger partial charge on any atom is 0.0300 e. The smallest absolute Gasteiger partial charge is 0.0300 e. The summed E-state index contributed by atoms with van der Waals surface area (Å²) in [4.78, 5) is 5.41. The van der Waals surface area contributed by atoms with Crippen molar-refractivity contribution in [2.75, 3.05) is 26.7 Å². The van der Waals surface area contributed by atoms with Crippen LogP contribution in [0.5, 0.6) is 0 Å². The summed E-state index contributed by atoms with van der Waals surface area (Å²) >= 11 is 1.95. The molecular formula is C15H26N2S. The normalized spacial score (nSPS) is 20.2. The second-order valence-electron chi connectivity index (χ2n) is 5.94. The maximum absolute atomic E-state index is 3.66. The summed E-state index contributed by atoms with van der Waals surface area (Å²) in [7, 11) is 2.23. The molecule has 0 atom stereocenters. The first-order chi connectivity index (χ1) is 8.61. The minimum absolute atomic E-state index is 0.497. The van der Waals surface area contributed by atoms with Crippen LogP contribution in [0, 0.1) is 5.41 Å². The molecule has 0 aliphatic carbocycles. The van der Waals surface area contributed by atoms with E-state index in [9.17, 15) is 0 Å². The van der Waals surface area contributed by atoms with Crippen LogP contribution >= 0.6 is 11.3 Å². The van der Waals surface area contributed by atoms with E-state index in [0.717, 1.165) is 19.5 Å². The van der Waals surface area contributed by atoms with Crippen LogP contribution in [0.25, 0.3) is 0 Å². The lowest BCUT2D eigenvalue weighted by Crippen LogP contribution is -2.41.